The molecule has 0 bridgehead atoms. The summed E-state index contributed by atoms with van der Waals surface area (Å²) >= 11 is 0. The lowest BCUT2D eigenvalue weighted by Crippen LogP contribution is -2.33. The second kappa shape index (κ2) is 9.68. The number of carbonyl (C=O) groups excluding carboxylic acids is 2. The van der Waals surface area contributed by atoms with Gasteiger partial charge in [0.15, 0.2) is 0 Å². The van der Waals surface area contributed by atoms with Crippen molar-refractivity contribution in [1.82, 2.24) is 20.0 Å². The van der Waals surface area contributed by atoms with Gasteiger partial charge in [0.2, 0.25) is 5.91 Å². The molecule has 0 aliphatic carbocycles. The van der Waals surface area contributed by atoms with Crippen LogP contribution in [0.5, 0.6) is 5.75 Å². The van der Waals surface area contributed by atoms with E-state index in [1.165, 1.54) is 0 Å². The van der Waals surface area contributed by atoms with Crippen molar-refractivity contribution in [1.29, 1.82) is 0 Å². The first-order valence-electron chi connectivity index (χ1n) is 10.9. The summed E-state index contributed by atoms with van der Waals surface area (Å²) in [7, 11) is 0. The monoisotopic (exact) mass is 432 g/mol. The fourth-order valence-electron chi connectivity index (χ4n) is 3.89. The number of amides is 2. The standard InChI is InChI=1S/C25H28N4O3/c1-18-14-19(2)29(27-18)11-10-24(30)28-12-13-32-23-9-8-21(15-22(23)17-28)25(31)26-16-20-6-4-3-5-7-20/h3-9,14-15H,10-13,16-17H2,1-2H3,(H,26,31). The van der Waals surface area contributed by atoms with Crippen LogP contribution in [0.25, 0.3) is 0 Å². The summed E-state index contributed by atoms with van der Waals surface area (Å²) in [4.78, 5) is 27.3. The molecule has 0 atom stereocenters. The van der Waals surface area contributed by atoms with Crippen LogP contribution in [0.4, 0.5) is 0 Å². The Morgan fingerprint density at radius 3 is 2.66 bits per heavy atom. The number of hydrogen-bond donors (Lipinski definition) is 1. The third kappa shape index (κ3) is 5.17. The van der Waals surface area contributed by atoms with Crippen molar-refractivity contribution in [3.63, 3.8) is 0 Å². The van der Waals surface area contributed by atoms with Gasteiger partial charge in [-0.3, -0.25) is 14.3 Å². The number of carbonyl (C=O) groups is 2. The maximum absolute atomic E-state index is 12.9. The fraction of sp³-hybridized carbons (Fsp3) is 0.320. The number of nitrogens with one attached hydrogen (secondary N) is 1. The summed E-state index contributed by atoms with van der Waals surface area (Å²) in [5.74, 6) is 0.620. The molecular formula is C25H28N4O3. The van der Waals surface area contributed by atoms with E-state index in [0.717, 1.165) is 28.3 Å². The summed E-state index contributed by atoms with van der Waals surface area (Å²) in [6, 6.07) is 17.2. The number of fused-ring (bicyclic) bond motifs is 1. The number of rotatable bonds is 6. The molecule has 3 aromatic rings. The van der Waals surface area contributed by atoms with Crippen molar-refractivity contribution in [3.05, 3.63) is 82.7 Å². The predicted molar refractivity (Wildman–Crippen MR) is 121 cm³/mol. The van der Waals surface area contributed by atoms with Gasteiger partial charge in [0.1, 0.15) is 12.4 Å². The molecule has 0 spiro atoms. The summed E-state index contributed by atoms with van der Waals surface area (Å²) in [6.45, 7) is 6.31. The molecule has 7 heteroatoms. The largest absolute Gasteiger partial charge is 0.491 e. The highest BCUT2D eigenvalue weighted by molar-refractivity contribution is 5.94. The van der Waals surface area contributed by atoms with Crippen molar-refractivity contribution in [2.24, 2.45) is 0 Å². The lowest BCUT2D eigenvalue weighted by Gasteiger charge is -2.20. The molecule has 0 saturated carbocycles. The summed E-state index contributed by atoms with van der Waals surface area (Å²) < 4.78 is 7.70. The number of aryl methyl sites for hydroxylation is 3. The molecule has 1 aliphatic heterocycles. The topological polar surface area (TPSA) is 76.5 Å². The number of aromatic nitrogens is 2. The van der Waals surface area contributed by atoms with Gasteiger partial charge in [-0.1, -0.05) is 30.3 Å². The molecule has 1 N–H and O–H groups in total. The second-order valence-electron chi connectivity index (χ2n) is 8.05. The van der Waals surface area contributed by atoms with Crippen molar-refractivity contribution < 1.29 is 14.3 Å². The molecule has 0 radical (unpaired) electrons. The maximum Gasteiger partial charge on any atom is 0.251 e. The van der Waals surface area contributed by atoms with E-state index in [0.29, 0.717) is 44.8 Å². The number of hydrogen-bond acceptors (Lipinski definition) is 4. The van der Waals surface area contributed by atoms with Gasteiger partial charge < -0.3 is 15.0 Å². The van der Waals surface area contributed by atoms with E-state index in [9.17, 15) is 9.59 Å². The summed E-state index contributed by atoms with van der Waals surface area (Å²) in [5.41, 5.74) is 4.43. The first-order valence-corrected chi connectivity index (χ1v) is 10.9. The van der Waals surface area contributed by atoms with E-state index >= 15 is 0 Å². The zero-order valence-electron chi connectivity index (χ0n) is 18.5. The molecule has 1 aliphatic rings. The molecule has 0 saturated heterocycles. The third-order valence-electron chi connectivity index (χ3n) is 5.59. The highest BCUT2D eigenvalue weighted by Gasteiger charge is 2.21. The minimum absolute atomic E-state index is 0.0490. The molecule has 2 aromatic carbocycles. The lowest BCUT2D eigenvalue weighted by atomic mass is 10.1. The van der Waals surface area contributed by atoms with E-state index < -0.39 is 0 Å². The normalized spacial score (nSPS) is 13.1. The van der Waals surface area contributed by atoms with Gasteiger partial charge in [0.05, 0.1) is 12.2 Å². The highest BCUT2D eigenvalue weighted by Crippen LogP contribution is 2.25. The Hall–Kier alpha value is -3.61. The smallest absolute Gasteiger partial charge is 0.251 e. The fourth-order valence-corrected chi connectivity index (χ4v) is 3.89. The quantitative estimate of drug-likeness (QED) is 0.649. The molecule has 0 fully saturated rings. The van der Waals surface area contributed by atoms with Gasteiger partial charge in [0, 0.05) is 42.9 Å². The van der Waals surface area contributed by atoms with Crippen LogP contribution in [0.2, 0.25) is 0 Å². The Bertz CT molecular complexity index is 1110. The summed E-state index contributed by atoms with van der Waals surface area (Å²) in [5, 5.41) is 7.38. The van der Waals surface area contributed by atoms with E-state index in [1.54, 1.807) is 11.0 Å². The minimum Gasteiger partial charge on any atom is -0.491 e. The van der Waals surface area contributed by atoms with E-state index in [1.807, 2.05) is 67.1 Å². The van der Waals surface area contributed by atoms with Gasteiger partial charge in [-0.05, 0) is 43.7 Å². The average molecular weight is 433 g/mol. The number of ether oxygens (including phenoxy) is 1. The molecule has 1 aromatic heterocycles. The molecule has 2 heterocycles. The maximum atomic E-state index is 12.9. The Balaban J connectivity index is 1.40. The highest BCUT2D eigenvalue weighted by atomic mass is 16.5. The second-order valence-corrected chi connectivity index (χ2v) is 8.05. The van der Waals surface area contributed by atoms with Crippen LogP contribution in [0.1, 0.15) is 39.3 Å². The molecule has 4 rings (SSSR count). The Labute approximate surface area is 188 Å². The number of benzene rings is 2. The SMILES string of the molecule is Cc1cc(C)n(CCC(=O)N2CCOc3ccc(C(=O)NCc4ccccc4)cc3C2)n1. The van der Waals surface area contributed by atoms with Crippen LogP contribution >= 0.6 is 0 Å². The first kappa shape index (κ1) is 21.6. The Morgan fingerprint density at radius 2 is 1.91 bits per heavy atom. The zero-order chi connectivity index (χ0) is 22.5. The lowest BCUT2D eigenvalue weighted by molar-refractivity contribution is -0.132. The van der Waals surface area contributed by atoms with Gasteiger partial charge in [0.25, 0.3) is 5.91 Å². The van der Waals surface area contributed by atoms with E-state index in [4.69, 9.17) is 4.74 Å². The van der Waals surface area contributed by atoms with Crippen LogP contribution < -0.4 is 10.1 Å². The van der Waals surface area contributed by atoms with Crippen molar-refractivity contribution in [2.45, 2.75) is 39.9 Å². The van der Waals surface area contributed by atoms with Crippen LogP contribution in [0.15, 0.2) is 54.6 Å². The zero-order valence-corrected chi connectivity index (χ0v) is 18.5. The van der Waals surface area contributed by atoms with Crippen molar-refractivity contribution in [3.8, 4) is 5.75 Å². The summed E-state index contributed by atoms with van der Waals surface area (Å²) in [6.07, 6.45) is 0.370. The van der Waals surface area contributed by atoms with Gasteiger partial charge >= 0.3 is 0 Å². The van der Waals surface area contributed by atoms with Gasteiger partial charge in [-0.15, -0.1) is 0 Å². The third-order valence-corrected chi connectivity index (χ3v) is 5.59. The molecule has 166 valence electrons. The molecule has 32 heavy (non-hydrogen) atoms. The van der Waals surface area contributed by atoms with Crippen molar-refractivity contribution in [2.75, 3.05) is 13.2 Å². The van der Waals surface area contributed by atoms with Crippen LogP contribution in [-0.4, -0.2) is 39.6 Å². The van der Waals surface area contributed by atoms with Crippen LogP contribution in [0.3, 0.4) is 0 Å². The number of nitrogens with zero attached hydrogens (tertiary/aromatic N) is 3. The predicted octanol–water partition coefficient (Wildman–Crippen LogP) is 3.24. The Kier molecular flexibility index (Phi) is 6.54. The van der Waals surface area contributed by atoms with Gasteiger partial charge in [-0.25, -0.2) is 0 Å². The first-order chi connectivity index (χ1) is 15.5. The molecule has 7 nitrogen and oxygen atoms in total. The molecule has 0 unspecified atom stereocenters. The van der Waals surface area contributed by atoms with Gasteiger partial charge in [-0.2, -0.15) is 5.10 Å². The van der Waals surface area contributed by atoms with Crippen molar-refractivity contribution >= 4 is 11.8 Å². The van der Waals surface area contributed by atoms with Crippen LogP contribution in [0, 0.1) is 13.8 Å². The molecule has 2 amide bonds. The van der Waals surface area contributed by atoms with E-state index in [-0.39, 0.29) is 11.8 Å². The van der Waals surface area contributed by atoms with Crippen LogP contribution in [-0.2, 0) is 24.4 Å². The Morgan fingerprint density at radius 1 is 1.09 bits per heavy atom. The molecular weight excluding hydrogens is 404 g/mol. The van der Waals surface area contributed by atoms with E-state index in [2.05, 4.69) is 10.4 Å². The average Bonchev–Trinajstić information content (AvgIpc) is 2.99. The minimum atomic E-state index is -0.150.